The molecule has 1 N–H and O–H groups in total. The fraction of sp³-hybridized carbons (Fsp3) is 0.333. The molecule has 3 heteroatoms. The van der Waals surface area contributed by atoms with Crippen LogP contribution >= 0.6 is 11.6 Å². The summed E-state index contributed by atoms with van der Waals surface area (Å²) in [5.74, 6) is 0.677. The molecule has 1 aromatic rings. The normalized spacial score (nSPS) is 12.2. The molecular formula is C12H15ClO2. The highest BCUT2D eigenvalue weighted by Crippen LogP contribution is 2.28. The molecule has 1 rings (SSSR count). The molecule has 0 spiro atoms. The van der Waals surface area contributed by atoms with Crippen molar-refractivity contribution in [2.24, 2.45) is 0 Å². The Morgan fingerprint density at radius 2 is 2.33 bits per heavy atom. The van der Waals surface area contributed by atoms with Gasteiger partial charge in [0.05, 0.1) is 12.7 Å². The zero-order chi connectivity index (χ0) is 11.3. The first-order valence-electron chi connectivity index (χ1n) is 4.86. The molecule has 0 aliphatic rings. The molecule has 2 nitrogen and oxygen atoms in total. The fourth-order valence-electron chi connectivity index (χ4n) is 1.23. The summed E-state index contributed by atoms with van der Waals surface area (Å²) < 4.78 is 5.50. The van der Waals surface area contributed by atoms with Gasteiger partial charge >= 0.3 is 0 Å². The second-order valence-corrected chi connectivity index (χ2v) is 3.72. The minimum absolute atomic E-state index is 0.560. The highest BCUT2D eigenvalue weighted by molar-refractivity contribution is 6.30. The van der Waals surface area contributed by atoms with E-state index in [2.05, 4.69) is 6.58 Å². The Bertz CT molecular complexity index is 334. The first kappa shape index (κ1) is 12.1. The number of ether oxygens (including phenoxy) is 1. The van der Waals surface area contributed by atoms with Gasteiger partial charge in [0.25, 0.3) is 0 Å². The Kier molecular flexibility index (Phi) is 4.66. The number of hydrogen-bond donors (Lipinski definition) is 1. The zero-order valence-corrected chi connectivity index (χ0v) is 9.50. The SMILES string of the molecule is C=CCCOc1ccc(Cl)cc1C(C)O. The zero-order valence-electron chi connectivity index (χ0n) is 8.74. The van der Waals surface area contributed by atoms with Crippen LogP contribution in [-0.4, -0.2) is 11.7 Å². The van der Waals surface area contributed by atoms with E-state index in [1.165, 1.54) is 0 Å². The van der Waals surface area contributed by atoms with Crippen molar-refractivity contribution in [3.63, 3.8) is 0 Å². The summed E-state index contributed by atoms with van der Waals surface area (Å²) >= 11 is 5.84. The molecule has 0 aliphatic carbocycles. The van der Waals surface area contributed by atoms with Crippen LogP contribution in [0.3, 0.4) is 0 Å². The third-order valence-electron chi connectivity index (χ3n) is 2.00. The molecular weight excluding hydrogens is 212 g/mol. The number of rotatable bonds is 5. The number of benzene rings is 1. The lowest BCUT2D eigenvalue weighted by atomic mass is 10.1. The van der Waals surface area contributed by atoms with Crippen LogP contribution in [0, 0.1) is 0 Å². The van der Waals surface area contributed by atoms with E-state index >= 15 is 0 Å². The van der Waals surface area contributed by atoms with Crippen molar-refractivity contribution in [2.45, 2.75) is 19.4 Å². The summed E-state index contributed by atoms with van der Waals surface area (Å²) in [5, 5.41) is 10.1. The predicted octanol–water partition coefficient (Wildman–Crippen LogP) is 3.35. The largest absolute Gasteiger partial charge is 0.493 e. The fourth-order valence-corrected chi connectivity index (χ4v) is 1.41. The maximum absolute atomic E-state index is 9.53. The van der Waals surface area contributed by atoms with Crippen LogP contribution in [0.1, 0.15) is 25.0 Å². The lowest BCUT2D eigenvalue weighted by molar-refractivity contribution is 0.191. The molecule has 82 valence electrons. The number of aliphatic hydroxyl groups excluding tert-OH is 1. The van der Waals surface area contributed by atoms with Crippen LogP contribution in [0.25, 0.3) is 0 Å². The number of halogens is 1. The highest BCUT2D eigenvalue weighted by atomic mass is 35.5. The molecule has 1 unspecified atom stereocenters. The summed E-state index contributed by atoms with van der Waals surface area (Å²) in [6, 6.07) is 5.24. The van der Waals surface area contributed by atoms with Crippen LogP contribution in [0.5, 0.6) is 5.75 Å². The lowest BCUT2D eigenvalue weighted by Crippen LogP contribution is -2.01. The minimum Gasteiger partial charge on any atom is -0.493 e. The first-order chi connectivity index (χ1) is 7.15. The quantitative estimate of drug-likeness (QED) is 0.616. The molecule has 0 aromatic heterocycles. The van der Waals surface area contributed by atoms with E-state index < -0.39 is 6.10 Å². The van der Waals surface area contributed by atoms with E-state index in [1.807, 2.05) is 0 Å². The molecule has 0 fully saturated rings. The van der Waals surface area contributed by atoms with Gasteiger partial charge in [0.15, 0.2) is 0 Å². The summed E-state index contributed by atoms with van der Waals surface area (Å²) in [6.07, 6.45) is 1.99. The van der Waals surface area contributed by atoms with Gasteiger partial charge < -0.3 is 9.84 Å². The van der Waals surface area contributed by atoms with Gasteiger partial charge in [0.2, 0.25) is 0 Å². The van der Waals surface area contributed by atoms with Crippen LogP contribution in [0.2, 0.25) is 5.02 Å². The van der Waals surface area contributed by atoms with Crippen molar-refractivity contribution in [1.29, 1.82) is 0 Å². The Labute approximate surface area is 95.1 Å². The third-order valence-corrected chi connectivity index (χ3v) is 2.24. The second-order valence-electron chi connectivity index (χ2n) is 3.28. The van der Waals surface area contributed by atoms with Crippen molar-refractivity contribution >= 4 is 11.6 Å². The van der Waals surface area contributed by atoms with Gasteiger partial charge in [-0.05, 0) is 31.5 Å². The van der Waals surface area contributed by atoms with Crippen LogP contribution in [0.15, 0.2) is 30.9 Å². The topological polar surface area (TPSA) is 29.5 Å². The molecule has 1 aromatic carbocycles. The Morgan fingerprint density at radius 3 is 2.93 bits per heavy atom. The Balaban J connectivity index is 2.81. The highest BCUT2D eigenvalue weighted by Gasteiger charge is 2.09. The van der Waals surface area contributed by atoms with Crippen LogP contribution in [0.4, 0.5) is 0 Å². The summed E-state index contributed by atoms with van der Waals surface area (Å²) in [4.78, 5) is 0. The minimum atomic E-state index is -0.581. The van der Waals surface area contributed by atoms with E-state index in [4.69, 9.17) is 16.3 Å². The van der Waals surface area contributed by atoms with E-state index in [0.717, 1.165) is 6.42 Å². The smallest absolute Gasteiger partial charge is 0.125 e. The Hall–Kier alpha value is -0.990. The molecule has 0 radical (unpaired) electrons. The lowest BCUT2D eigenvalue weighted by Gasteiger charge is -2.13. The van der Waals surface area contributed by atoms with E-state index in [0.29, 0.717) is 22.9 Å². The first-order valence-corrected chi connectivity index (χ1v) is 5.24. The molecule has 0 saturated heterocycles. The molecule has 15 heavy (non-hydrogen) atoms. The van der Waals surface area contributed by atoms with Crippen LogP contribution in [-0.2, 0) is 0 Å². The maximum atomic E-state index is 9.53. The van der Waals surface area contributed by atoms with Gasteiger partial charge in [-0.3, -0.25) is 0 Å². The van der Waals surface area contributed by atoms with Gasteiger partial charge in [-0.2, -0.15) is 0 Å². The van der Waals surface area contributed by atoms with Gasteiger partial charge in [-0.1, -0.05) is 17.7 Å². The molecule has 0 saturated carbocycles. The van der Waals surface area contributed by atoms with Crippen molar-refractivity contribution in [3.05, 3.63) is 41.4 Å². The predicted molar refractivity (Wildman–Crippen MR) is 62.4 cm³/mol. The van der Waals surface area contributed by atoms with Crippen molar-refractivity contribution < 1.29 is 9.84 Å². The molecule has 0 heterocycles. The van der Waals surface area contributed by atoms with Crippen LogP contribution < -0.4 is 4.74 Å². The standard InChI is InChI=1S/C12H15ClO2/c1-3-4-7-15-12-6-5-10(13)8-11(12)9(2)14/h3,5-6,8-9,14H,1,4,7H2,2H3. The Morgan fingerprint density at radius 1 is 1.60 bits per heavy atom. The maximum Gasteiger partial charge on any atom is 0.125 e. The molecule has 0 bridgehead atoms. The third kappa shape index (κ3) is 3.57. The summed E-state index contributed by atoms with van der Waals surface area (Å²) in [6.45, 7) is 5.86. The van der Waals surface area contributed by atoms with Gasteiger partial charge in [0, 0.05) is 10.6 Å². The number of hydrogen-bond acceptors (Lipinski definition) is 2. The average Bonchev–Trinajstić information content (AvgIpc) is 2.20. The monoisotopic (exact) mass is 226 g/mol. The van der Waals surface area contributed by atoms with Gasteiger partial charge in [0.1, 0.15) is 5.75 Å². The molecule has 0 aliphatic heterocycles. The second kappa shape index (κ2) is 5.79. The van der Waals surface area contributed by atoms with Crippen molar-refractivity contribution in [2.75, 3.05) is 6.61 Å². The average molecular weight is 227 g/mol. The van der Waals surface area contributed by atoms with Gasteiger partial charge in [-0.25, -0.2) is 0 Å². The molecule has 0 amide bonds. The summed E-state index contributed by atoms with van der Waals surface area (Å²) in [7, 11) is 0. The number of aliphatic hydroxyl groups is 1. The van der Waals surface area contributed by atoms with Gasteiger partial charge in [-0.15, -0.1) is 6.58 Å². The van der Waals surface area contributed by atoms with Crippen molar-refractivity contribution in [3.8, 4) is 5.75 Å². The molecule has 1 atom stereocenters. The van der Waals surface area contributed by atoms with E-state index in [1.54, 1.807) is 31.2 Å². The van der Waals surface area contributed by atoms with E-state index in [-0.39, 0.29) is 0 Å². The van der Waals surface area contributed by atoms with Crippen molar-refractivity contribution in [1.82, 2.24) is 0 Å². The summed E-state index contributed by atoms with van der Waals surface area (Å²) in [5.41, 5.74) is 0.714. The van der Waals surface area contributed by atoms with E-state index in [9.17, 15) is 5.11 Å².